The number of carbonyl (C=O) groups is 1. The molecule has 4 heteroatoms. The number of ether oxygens (including phenoxy) is 1. The van der Waals surface area contributed by atoms with Gasteiger partial charge in [0, 0.05) is 25.4 Å². The molecule has 0 aromatic rings. The van der Waals surface area contributed by atoms with E-state index in [1.165, 1.54) is 6.42 Å². The summed E-state index contributed by atoms with van der Waals surface area (Å²) in [6.45, 7) is 0.662. The lowest BCUT2D eigenvalue weighted by molar-refractivity contribution is -0.124. The second-order valence-electron chi connectivity index (χ2n) is 3.46. The van der Waals surface area contributed by atoms with Gasteiger partial charge in [0.15, 0.2) is 0 Å². The van der Waals surface area contributed by atoms with Crippen molar-refractivity contribution in [2.45, 2.75) is 31.3 Å². The summed E-state index contributed by atoms with van der Waals surface area (Å²) in [5, 5.41) is 3.60. The largest absolute Gasteiger partial charge is 0.376 e. The average Bonchev–Trinajstić information content (AvgIpc) is 2.04. The Bertz CT molecular complexity index is 175. The van der Waals surface area contributed by atoms with Crippen LogP contribution in [-0.4, -0.2) is 30.5 Å². The van der Waals surface area contributed by atoms with Crippen LogP contribution in [0.2, 0.25) is 0 Å². The Morgan fingerprint density at radius 2 is 2.31 bits per heavy atom. The molecule has 0 spiro atoms. The first-order valence-electron chi connectivity index (χ1n) is 4.60. The Labute approximate surface area is 87.3 Å². The third-order valence-corrected chi connectivity index (χ3v) is 3.02. The van der Waals surface area contributed by atoms with Crippen molar-refractivity contribution in [2.75, 3.05) is 19.0 Å². The van der Waals surface area contributed by atoms with Crippen molar-refractivity contribution in [3.05, 3.63) is 0 Å². The first-order valence-corrected chi connectivity index (χ1v) is 5.72. The van der Waals surface area contributed by atoms with Crippen LogP contribution in [0.4, 0.5) is 0 Å². The first-order chi connectivity index (χ1) is 6.22. The Balaban J connectivity index is 2.20. The molecule has 13 heavy (non-hydrogen) atoms. The molecule has 1 aliphatic carbocycles. The smallest absolute Gasteiger partial charge is 0.220 e. The molecule has 0 aromatic heterocycles. The maximum atomic E-state index is 11.1. The van der Waals surface area contributed by atoms with Crippen molar-refractivity contribution in [3.8, 4) is 0 Å². The third-order valence-electron chi connectivity index (χ3n) is 2.63. The SMILES string of the molecule is COC1(CNC(=O)CCBr)CCC1. The number of hydrogen-bond donors (Lipinski definition) is 1. The topological polar surface area (TPSA) is 38.3 Å². The minimum atomic E-state index is -0.0536. The quantitative estimate of drug-likeness (QED) is 0.750. The van der Waals surface area contributed by atoms with E-state index in [4.69, 9.17) is 4.74 Å². The van der Waals surface area contributed by atoms with E-state index in [1.54, 1.807) is 7.11 Å². The summed E-state index contributed by atoms with van der Waals surface area (Å²) in [5.74, 6) is 0.0974. The van der Waals surface area contributed by atoms with Crippen molar-refractivity contribution in [1.29, 1.82) is 0 Å². The van der Waals surface area contributed by atoms with E-state index in [-0.39, 0.29) is 11.5 Å². The summed E-state index contributed by atoms with van der Waals surface area (Å²) in [6, 6.07) is 0. The lowest BCUT2D eigenvalue weighted by Crippen LogP contribution is -2.49. The van der Waals surface area contributed by atoms with Crippen LogP contribution in [-0.2, 0) is 9.53 Å². The molecular formula is C9H16BrNO2. The van der Waals surface area contributed by atoms with E-state index >= 15 is 0 Å². The van der Waals surface area contributed by atoms with Crippen LogP contribution in [0.25, 0.3) is 0 Å². The van der Waals surface area contributed by atoms with Gasteiger partial charge in [0.25, 0.3) is 0 Å². The monoisotopic (exact) mass is 249 g/mol. The van der Waals surface area contributed by atoms with Crippen LogP contribution in [0.3, 0.4) is 0 Å². The molecule has 1 saturated carbocycles. The zero-order chi connectivity index (χ0) is 9.73. The summed E-state index contributed by atoms with van der Waals surface area (Å²) in [5.41, 5.74) is -0.0536. The number of rotatable bonds is 5. The van der Waals surface area contributed by atoms with Crippen LogP contribution in [0.15, 0.2) is 0 Å². The number of nitrogens with one attached hydrogen (secondary N) is 1. The van der Waals surface area contributed by atoms with E-state index in [1.807, 2.05) is 0 Å². The maximum absolute atomic E-state index is 11.1. The third kappa shape index (κ3) is 2.95. The van der Waals surface area contributed by atoms with Gasteiger partial charge in [-0.3, -0.25) is 4.79 Å². The zero-order valence-corrected chi connectivity index (χ0v) is 9.52. The number of amides is 1. The highest BCUT2D eigenvalue weighted by molar-refractivity contribution is 9.09. The number of methoxy groups -OCH3 is 1. The summed E-state index contributed by atoms with van der Waals surface area (Å²) in [6.07, 6.45) is 3.89. The maximum Gasteiger partial charge on any atom is 0.220 e. The first kappa shape index (κ1) is 11.0. The molecule has 1 fully saturated rings. The highest BCUT2D eigenvalue weighted by Gasteiger charge is 2.36. The molecule has 0 aliphatic heterocycles. The Morgan fingerprint density at radius 3 is 2.69 bits per heavy atom. The molecule has 0 heterocycles. The van der Waals surface area contributed by atoms with Crippen molar-refractivity contribution >= 4 is 21.8 Å². The fraction of sp³-hybridized carbons (Fsp3) is 0.889. The van der Waals surface area contributed by atoms with E-state index in [0.717, 1.165) is 18.2 Å². The van der Waals surface area contributed by atoms with Crippen molar-refractivity contribution in [3.63, 3.8) is 0 Å². The standard InChI is InChI=1S/C9H16BrNO2/c1-13-9(4-2-5-9)7-11-8(12)3-6-10/h2-7H2,1H3,(H,11,12). The number of alkyl halides is 1. The average molecular weight is 250 g/mol. The van der Waals surface area contributed by atoms with Crippen LogP contribution < -0.4 is 5.32 Å². The van der Waals surface area contributed by atoms with Gasteiger partial charge in [0.1, 0.15) is 0 Å². The minimum absolute atomic E-state index is 0.0536. The van der Waals surface area contributed by atoms with Gasteiger partial charge in [0.2, 0.25) is 5.91 Å². The van der Waals surface area contributed by atoms with Crippen molar-refractivity contribution in [1.82, 2.24) is 5.32 Å². The molecule has 0 bridgehead atoms. The number of carbonyl (C=O) groups excluding carboxylic acids is 1. The molecular weight excluding hydrogens is 234 g/mol. The van der Waals surface area contributed by atoms with Gasteiger partial charge >= 0.3 is 0 Å². The Hall–Kier alpha value is -0.0900. The summed E-state index contributed by atoms with van der Waals surface area (Å²) in [7, 11) is 1.72. The van der Waals surface area contributed by atoms with Gasteiger partial charge in [0.05, 0.1) is 5.60 Å². The van der Waals surface area contributed by atoms with Crippen molar-refractivity contribution < 1.29 is 9.53 Å². The van der Waals surface area contributed by atoms with Gasteiger partial charge < -0.3 is 10.1 Å². The van der Waals surface area contributed by atoms with Gasteiger partial charge in [-0.05, 0) is 19.3 Å². The molecule has 0 aromatic carbocycles. The van der Waals surface area contributed by atoms with Crippen LogP contribution in [0, 0.1) is 0 Å². The predicted molar refractivity (Wildman–Crippen MR) is 55.0 cm³/mol. The predicted octanol–water partition coefficient (Wildman–Crippen LogP) is 1.46. The molecule has 1 N–H and O–H groups in total. The molecule has 1 aliphatic rings. The van der Waals surface area contributed by atoms with E-state index in [9.17, 15) is 4.79 Å². The Morgan fingerprint density at radius 1 is 1.62 bits per heavy atom. The Kier molecular flexibility index (Phi) is 4.19. The minimum Gasteiger partial charge on any atom is -0.376 e. The van der Waals surface area contributed by atoms with Gasteiger partial charge in [-0.15, -0.1) is 0 Å². The van der Waals surface area contributed by atoms with E-state index in [2.05, 4.69) is 21.2 Å². The summed E-state index contributed by atoms with van der Waals surface area (Å²) in [4.78, 5) is 11.1. The highest BCUT2D eigenvalue weighted by Crippen LogP contribution is 2.34. The van der Waals surface area contributed by atoms with Crippen LogP contribution in [0.5, 0.6) is 0 Å². The van der Waals surface area contributed by atoms with E-state index in [0.29, 0.717) is 13.0 Å². The van der Waals surface area contributed by atoms with Crippen LogP contribution >= 0.6 is 15.9 Å². The highest BCUT2D eigenvalue weighted by atomic mass is 79.9. The zero-order valence-electron chi connectivity index (χ0n) is 7.94. The van der Waals surface area contributed by atoms with Gasteiger partial charge in [-0.1, -0.05) is 15.9 Å². The molecule has 3 nitrogen and oxygen atoms in total. The second-order valence-corrected chi connectivity index (χ2v) is 4.25. The fourth-order valence-electron chi connectivity index (χ4n) is 1.46. The fourth-order valence-corrected chi connectivity index (χ4v) is 1.82. The molecule has 0 atom stereocenters. The summed E-state index contributed by atoms with van der Waals surface area (Å²) < 4.78 is 5.38. The molecule has 0 radical (unpaired) electrons. The normalized spacial score (nSPS) is 19.2. The van der Waals surface area contributed by atoms with Gasteiger partial charge in [-0.2, -0.15) is 0 Å². The second kappa shape index (κ2) is 4.96. The molecule has 1 rings (SSSR count). The lowest BCUT2D eigenvalue weighted by atomic mass is 9.80. The van der Waals surface area contributed by atoms with Gasteiger partial charge in [-0.25, -0.2) is 0 Å². The molecule has 0 unspecified atom stereocenters. The summed E-state index contributed by atoms with van der Waals surface area (Å²) >= 11 is 3.23. The van der Waals surface area contributed by atoms with E-state index < -0.39 is 0 Å². The lowest BCUT2D eigenvalue weighted by Gasteiger charge is -2.40. The molecule has 0 saturated heterocycles. The van der Waals surface area contributed by atoms with Crippen molar-refractivity contribution in [2.24, 2.45) is 0 Å². The molecule has 1 amide bonds. The van der Waals surface area contributed by atoms with Crippen LogP contribution in [0.1, 0.15) is 25.7 Å². The number of hydrogen-bond acceptors (Lipinski definition) is 2. The molecule has 76 valence electrons. The number of halogens is 1.